The minimum Gasteiger partial charge on any atom is -0.480 e. The summed E-state index contributed by atoms with van der Waals surface area (Å²) >= 11 is 1.63. The topological polar surface area (TPSA) is 66.4 Å². The number of carboxylic acids is 1. The van der Waals surface area contributed by atoms with Gasteiger partial charge in [0.2, 0.25) is 0 Å². The molecular weight excluding hydrogens is 358 g/mol. The summed E-state index contributed by atoms with van der Waals surface area (Å²) in [4.78, 5) is 23.5. The molecule has 0 amide bonds. The Labute approximate surface area is 157 Å². The predicted octanol–water partition coefficient (Wildman–Crippen LogP) is 3.56. The van der Waals surface area contributed by atoms with Crippen molar-refractivity contribution in [3.05, 3.63) is 71.3 Å². The number of rotatable bonds is 5. The quantitative estimate of drug-likeness (QED) is 0.780. The van der Waals surface area contributed by atoms with Crippen LogP contribution in [0.5, 0.6) is 0 Å². The van der Waals surface area contributed by atoms with Crippen molar-refractivity contribution in [2.45, 2.75) is 24.3 Å². The lowest BCUT2D eigenvalue weighted by molar-refractivity contribution is -0.138. The Bertz CT molecular complexity index is 736. The Morgan fingerprint density at radius 2 is 1.68 bits per heavy atom. The predicted molar refractivity (Wildman–Crippen MR) is 103 cm³/mol. The Kier molecular flexibility index (Phi) is 6.64. The SMILES string of the molecule is CC(c1ccc(C(=O)c2ccccc2)cc1)C1N[C@H](C(=O)O)CS1.Cl. The second-order valence-electron chi connectivity index (χ2n) is 5.92. The Morgan fingerprint density at radius 1 is 1.08 bits per heavy atom. The number of carbonyl (C=O) groups excluding carboxylic acids is 1. The highest BCUT2D eigenvalue weighted by molar-refractivity contribution is 8.00. The van der Waals surface area contributed by atoms with Gasteiger partial charge in [-0.15, -0.1) is 24.2 Å². The third-order valence-corrected chi connectivity index (χ3v) is 5.72. The monoisotopic (exact) mass is 377 g/mol. The van der Waals surface area contributed by atoms with E-state index in [2.05, 4.69) is 12.2 Å². The van der Waals surface area contributed by atoms with E-state index in [1.54, 1.807) is 11.8 Å². The number of nitrogens with one attached hydrogen (secondary N) is 1. The third kappa shape index (κ3) is 4.42. The number of carboxylic acid groups (broad SMARTS) is 1. The maximum Gasteiger partial charge on any atom is 0.321 e. The molecule has 1 saturated heterocycles. The van der Waals surface area contributed by atoms with Crippen molar-refractivity contribution in [1.82, 2.24) is 5.32 Å². The number of carbonyl (C=O) groups is 2. The molecule has 1 heterocycles. The summed E-state index contributed by atoms with van der Waals surface area (Å²) in [5.74, 6) is -0.0510. The highest BCUT2D eigenvalue weighted by Gasteiger charge is 2.33. The fourth-order valence-electron chi connectivity index (χ4n) is 2.79. The zero-order chi connectivity index (χ0) is 17.1. The molecule has 2 N–H and O–H groups in total. The van der Waals surface area contributed by atoms with E-state index in [1.165, 1.54) is 0 Å². The van der Waals surface area contributed by atoms with Gasteiger partial charge < -0.3 is 5.11 Å². The van der Waals surface area contributed by atoms with E-state index < -0.39 is 12.0 Å². The largest absolute Gasteiger partial charge is 0.480 e. The minimum atomic E-state index is -0.805. The van der Waals surface area contributed by atoms with Gasteiger partial charge in [-0.1, -0.05) is 61.5 Å². The molecule has 0 aliphatic carbocycles. The first-order valence-corrected chi connectivity index (χ1v) is 8.91. The molecular formula is C19H20ClNO3S. The van der Waals surface area contributed by atoms with Gasteiger partial charge in [-0.05, 0) is 5.56 Å². The number of halogens is 1. The van der Waals surface area contributed by atoms with Gasteiger partial charge in [0.1, 0.15) is 6.04 Å². The molecule has 4 nitrogen and oxygen atoms in total. The maximum atomic E-state index is 12.4. The fraction of sp³-hybridized carbons (Fsp3) is 0.263. The molecule has 0 aromatic heterocycles. The lowest BCUT2D eigenvalue weighted by atomic mass is 9.96. The Hall–Kier alpha value is -1.82. The average Bonchev–Trinajstić information content (AvgIpc) is 3.12. The van der Waals surface area contributed by atoms with Crippen molar-refractivity contribution in [2.75, 3.05) is 5.75 Å². The Balaban J connectivity index is 0.00000225. The van der Waals surface area contributed by atoms with Crippen molar-refractivity contribution in [3.8, 4) is 0 Å². The van der Waals surface area contributed by atoms with E-state index in [9.17, 15) is 9.59 Å². The van der Waals surface area contributed by atoms with Crippen molar-refractivity contribution >= 4 is 35.9 Å². The lowest BCUT2D eigenvalue weighted by Crippen LogP contribution is -2.38. The molecule has 0 bridgehead atoms. The first-order valence-electron chi connectivity index (χ1n) is 7.86. The molecule has 3 rings (SSSR count). The molecule has 3 atom stereocenters. The molecule has 25 heavy (non-hydrogen) atoms. The number of hydrogen-bond acceptors (Lipinski definition) is 4. The van der Waals surface area contributed by atoms with E-state index in [-0.39, 0.29) is 29.5 Å². The van der Waals surface area contributed by atoms with Crippen LogP contribution in [0.3, 0.4) is 0 Å². The molecule has 1 fully saturated rings. The standard InChI is InChI=1S/C19H19NO3S.ClH/c1-12(18-20-16(11-24-18)19(22)23)13-7-9-15(10-8-13)17(21)14-5-3-2-4-6-14;/h2-10,12,16,18,20H,11H2,1H3,(H,22,23);1H/t12?,16-,18?;/m0./s1. The van der Waals surface area contributed by atoms with Gasteiger partial charge in [0, 0.05) is 22.8 Å². The highest BCUT2D eigenvalue weighted by atomic mass is 35.5. The van der Waals surface area contributed by atoms with Gasteiger partial charge in [0.15, 0.2) is 5.78 Å². The summed E-state index contributed by atoms with van der Waals surface area (Å²) in [6.07, 6.45) is 0. The van der Waals surface area contributed by atoms with Crippen LogP contribution in [0.1, 0.15) is 34.3 Å². The summed E-state index contributed by atoms with van der Waals surface area (Å²) in [6, 6.07) is 16.3. The fourth-order valence-corrected chi connectivity index (χ4v) is 4.14. The number of aliphatic carboxylic acids is 1. The zero-order valence-electron chi connectivity index (χ0n) is 13.7. The number of benzene rings is 2. The zero-order valence-corrected chi connectivity index (χ0v) is 15.3. The number of ketones is 1. The molecule has 2 aromatic rings. The van der Waals surface area contributed by atoms with Crippen LogP contribution in [-0.4, -0.2) is 34.0 Å². The van der Waals surface area contributed by atoms with Gasteiger partial charge in [-0.3, -0.25) is 14.9 Å². The molecule has 1 aliphatic heterocycles. The van der Waals surface area contributed by atoms with Gasteiger partial charge in [-0.25, -0.2) is 0 Å². The van der Waals surface area contributed by atoms with Crippen LogP contribution < -0.4 is 5.32 Å². The summed E-state index contributed by atoms with van der Waals surface area (Å²) in [5.41, 5.74) is 2.43. The van der Waals surface area contributed by atoms with Gasteiger partial charge in [-0.2, -0.15) is 0 Å². The lowest BCUT2D eigenvalue weighted by Gasteiger charge is -2.20. The maximum absolute atomic E-state index is 12.4. The summed E-state index contributed by atoms with van der Waals surface area (Å²) in [6.45, 7) is 2.07. The summed E-state index contributed by atoms with van der Waals surface area (Å²) in [7, 11) is 0. The summed E-state index contributed by atoms with van der Waals surface area (Å²) < 4.78 is 0. The van der Waals surface area contributed by atoms with Crippen LogP contribution in [0.25, 0.3) is 0 Å². The van der Waals surface area contributed by atoms with Crippen LogP contribution in [0.2, 0.25) is 0 Å². The van der Waals surface area contributed by atoms with Crippen LogP contribution in [-0.2, 0) is 4.79 Å². The molecule has 6 heteroatoms. The molecule has 2 unspecified atom stereocenters. The smallest absolute Gasteiger partial charge is 0.321 e. The van der Waals surface area contributed by atoms with E-state index in [4.69, 9.17) is 5.11 Å². The highest BCUT2D eigenvalue weighted by Crippen LogP contribution is 2.31. The number of thioether (sulfide) groups is 1. The second kappa shape index (κ2) is 8.52. The van der Waals surface area contributed by atoms with Crippen molar-refractivity contribution in [1.29, 1.82) is 0 Å². The van der Waals surface area contributed by atoms with Crippen molar-refractivity contribution in [2.24, 2.45) is 0 Å². The van der Waals surface area contributed by atoms with Crippen molar-refractivity contribution in [3.63, 3.8) is 0 Å². The first-order chi connectivity index (χ1) is 11.6. The van der Waals surface area contributed by atoms with Crippen LogP contribution >= 0.6 is 24.2 Å². The molecule has 0 saturated carbocycles. The first kappa shape index (κ1) is 19.5. The normalized spacial score (nSPS) is 20.5. The van der Waals surface area contributed by atoms with Gasteiger partial charge >= 0.3 is 5.97 Å². The van der Waals surface area contributed by atoms with E-state index in [1.807, 2.05) is 54.6 Å². The number of hydrogen-bond donors (Lipinski definition) is 2. The van der Waals surface area contributed by atoms with E-state index >= 15 is 0 Å². The minimum absolute atomic E-state index is 0. The third-order valence-electron chi connectivity index (χ3n) is 4.29. The van der Waals surface area contributed by atoms with Crippen LogP contribution in [0.4, 0.5) is 0 Å². The molecule has 132 valence electrons. The van der Waals surface area contributed by atoms with Gasteiger partial charge in [0.05, 0.1) is 5.37 Å². The van der Waals surface area contributed by atoms with Gasteiger partial charge in [0.25, 0.3) is 0 Å². The molecule has 1 aliphatic rings. The van der Waals surface area contributed by atoms with Crippen LogP contribution in [0, 0.1) is 0 Å². The van der Waals surface area contributed by atoms with E-state index in [0.29, 0.717) is 16.9 Å². The molecule has 0 radical (unpaired) electrons. The summed E-state index contributed by atoms with van der Waals surface area (Å²) in [5, 5.41) is 12.3. The van der Waals surface area contributed by atoms with Crippen LogP contribution in [0.15, 0.2) is 54.6 Å². The second-order valence-corrected chi connectivity index (χ2v) is 7.09. The molecule has 2 aromatic carbocycles. The molecule has 0 spiro atoms. The average molecular weight is 378 g/mol. The Morgan fingerprint density at radius 3 is 2.24 bits per heavy atom. The van der Waals surface area contributed by atoms with Crippen molar-refractivity contribution < 1.29 is 14.7 Å². The van der Waals surface area contributed by atoms with E-state index in [0.717, 1.165) is 5.56 Å².